The molecule has 1 saturated heterocycles. The molecule has 7 atom stereocenters. The fourth-order valence-electron chi connectivity index (χ4n) is 8.81. The number of nitrogens with zero attached hydrogens (tertiary/aromatic N) is 3. The van der Waals surface area contributed by atoms with E-state index in [2.05, 4.69) is 26.9 Å². The van der Waals surface area contributed by atoms with Gasteiger partial charge in [-0.25, -0.2) is 18.2 Å². The summed E-state index contributed by atoms with van der Waals surface area (Å²) in [5.74, 6) is -1.32. The fraction of sp³-hybridized carbons (Fsp3) is 0.565. The quantitative estimate of drug-likeness (QED) is 0.224. The average molecular weight is 871 g/mol. The largest absolute Gasteiger partial charge is 0.492 e. The molecule has 1 aromatic carbocycles. The second-order valence-electron chi connectivity index (χ2n) is 19.1. The highest BCUT2D eigenvalue weighted by Gasteiger charge is 2.63. The number of nitrogens with one attached hydrogen (secondary N) is 3. The monoisotopic (exact) mass is 870 g/mol. The van der Waals surface area contributed by atoms with Gasteiger partial charge in [-0.05, 0) is 93.0 Å². The van der Waals surface area contributed by atoms with Crippen molar-refractivity contribution in [1.29, 1.82) is 0 Å². The summed E-state index contributed by atoms with van der Waals surface area (Å²) < 4.78 is 46.8. The molecule has 15 nitrogen and oxygen atoms in total. The molecule has 4 amide bonds. The lowest BCUT2D eigenvalue weighted by atomic mass is 9.85. The normalized spacial score (nSPS) is 28.4. The molecule has 0 radical (unpaired) electrons. The number of carbonyl (C=O) groups is 4. The number of aromatic nitrogens is 2. The van der Waals surface area contributed by atoms with Gasteiger partial charge in [-0.2, -0.15) is 0 Å². The second kappa shape index (κ2) is 16.8. The number of fused-ring (bicyclic) bond motifs is 5. The Kier molecular flexibility index (Phi) is 11.8. The summed E-state index contributed by atoms with van der Waals surface area (Å²) in [5, 5.41) is 6.53. The number of hydrogen-bond donors (Lipinski definition) is 3. The maximum Gasteiger partial charge on any atom is 0.408 e. The Morgan fingerprint density at radius 3 is 2.53 bits per heavy atom. The van der Waals surface area contributed by atoms with E-state index < -0.39 is 73.6 Å². The zero-order valence-electron chi connectivity index (χ0n) is 36.0. The maximum absolute atomic E-state index is 14.9. The van der Waals surface area contributed by atoms with Crippen molar-refractivity contribution in [2.45, 2.75) is 133 Å². The van der Waals surface area contributed by atoms with E-state index in [9.17, 15) is 27.6 Å². The standard InChI is InChI=1S/C46H58N6O9S/c1-6-30-26-46(30,42(55)51-62(57,58)45(5)19-20-45)50-39(53)35-25-31-27-52(35)41(54)38(44(2,3)4)49-43(56)61-36-24-29(36)12-8-7-9-14-33-37(59-23-18-28-16-21-47-22-17-28)32-13-10-11-15-34(32)48-40(33)60-31/h6,10-11,13,15-17,21-22,29-31,35-36,38H,1,7-9,12,14,18-20,23-27H2,2-5H3,(H,49,56)(H,50,53)(H,51,55)/t29-,30-,31-,35+,36-,38-,46-/m1/s1. The zero-order chi connectivity index (χ0) is 44.0. The molecule has 3 saturated carbocycles. The molecule has 4 fully saturated rings. The van der Waals surface area contributed by atoms with Crippen molar-refractivity contribution in [1.82, 2.24) is 30.2 Å². The first-order chi connectivity index (χ1) is 29.5. The van der Waals surface area contributed by atoms with Crippen molar-refractivity contribution < 1.29 is 41.8 Å². The summed E-state index contributed by atoms with van der Waals surface area (Å²) in [6, 6.07) is 9.37. The van der Waals surface area contributed by atoms with Crippen molar-refractivity contribution in [3.8, 4) is 11.6 Å². The van der Waals surface area contributed by atoms with Crippen LogP contribution in [0.4, 0.5) is 4.79 Å². The van der Waals surface area contributed by atoms with Crippen LogP contribution < -0.4 is 24.8 Å². The smallest absolute Gasteiger partial charge is 0.408 e. The van der Waals surface area contributed by atoms with E-state index >= 15 is 0 Å². The van der Waals surface area contributed by atoms with E-state index in [1.165, 1.54) is 11.0 Å². The predicted molar refractivity (Wildman–Crippen MR) is 231 cm³/mol. The van der Waals surface area contributed by atoms with E-state index in [0.29, 0.717) is 49.4 Å². The molecule has 332 valence electrons. The summed E-state index contributed by atoms with van der Waals surface area (Å²) in [6.07, 6.45) is 9.90. The molecule has 3 aromatic rings. The Morgan fingerprint density at radius 2 is 1.82 bits per heavy atom. The van der Waals surface area contributed by atoms with Crippen LogP contribution in [0, 0.1) is 17.3 Å². The van der Waals surface area contributed by atoms with Crippen LogP contribution in [0.25, 0.3) is 10.9 Å². The van der Waals surface area contributed by atoms with Gasteiger partial charge >= 0.3 is 6.09 Å². The van der Waals surface area contributed by atoms with Gasteiger partial charge in [0.1, 0.15) is 35.6 Å². The van der Waals surface area contributed by atoms with Gasteiger partial charge in [0, 0.05) is 36.5 Å². The van der Waals surface area contributed by atoms with E-state index in [-0.39, 0.29) is 31.4 Å². The van der Waals surface area contributed by atoms with Crippen LogP contribution in [0.15, 0.2) is 61.4 Å². The second-order valence-corrected chi connectivity index (χ2v) is 21.2. The van der Waals surface area contributed by atoms with Gasteiger partial charge in [-0.3, -0.25) is 24.1 Å². The van der Waals surface area contributed by atoms with Crippen molar-refractivity contribution in [2.75, 3.05) is 13.2 Å². The van der Waals surface area contributed by atoms with Crippen LogP contribution in [-0.2, 0) is 42.0 Å². The van der Waals surface area contributed by atoms with Gasteiger partial charge in [0.25, 0.3) is 5.91 Å². The summed E-state index contributed by atoms with van der Waals surface area (Å²) in [7, 11) is -4.02. The van der Waals surface area contributed by atoms with Crippen LogP contribution in [0.1, 0.15) is 96.6 Å². The number of hydrogen-bond acceptors (Lipinski definition) is 11. The first-order valence-electron chi connectivity index (χ1n) is 21.9. The molecule has 2 aromatic heterocycles. The number of pyridine rings is 2. The van der Waals surface area contributed by atoms with Gasteiger partial charge in [0.15, 0.2) is 0 Å². The lowest BCUT2D eigenvalue weighted by Gasteiger charge is -2.35. The Morgan fingerprint density at radius 1 is 1.06 bits per heavy atom. The SMILES string of the molecule is C=C[C@@H]1C[C@]1(NC(=O)[C@@H]1C[C@@H]2CN1C(=O)[C@H](C(C)(C)C)NC(=O)O[C@@H]1C[C@H]1CCCCCc1c(nc3ccccc3c1OCCc1ccncc1)O2)C(=O)NS(=O)(=O)C1(C)CC1. The molecule has 62 heavy (non-hydrogen) atoms. The van der Waals surface area contributed by atoms with Gasteiger partial charge in [0.05, 0.1) is 29.0 Å². The predicted octanol–water partition coefficient (Wildman–Crippen LogP) is 5.30. The topological polar surface area (TPSA) is 195 Å². The van der Waals surface area contributed by atoms with Crippen molar-refractivity contribution in [3.05, 3.63) is 72.6 Å². The van der Waals surface area contributed by atoms with E-state index in [1.54, 1.807) is 19.3 Å². The first kappa shape index (κ1) is 43.4. The molecule has 16 heteroatoms. The number of sulfonamides is 1. The van der Waals surface area contributed by atoms with E-state index in [1.807, 2.05) is 57.2 Å². The average Bonchev–Trinajstić information content (AvgIpc) is 4.19. The molecule has 0 spiro atoms. The fourth-order valence-corrected chi connectivity index (χ4v) is 10.1. The van der Waals surface area contributed by atoms with E-state index in [0.717, 1.165) is 48.6 Å². The van der Waals surface area contributed by atoms with Crippen molar-refractivity contribution in [2.24, 2.45) is 17.3 Å². The number of carbonyl (C=O) groups excluding carboxylic acids is 4. The lowest BCUT2D eigenvalue weighted by Crippen LogP contribution is -2.60. The number of benzene rings is 1. The number of amides is 4. The Bertz CT molecular complexity index is 2350. The summed E-state index contributed by atoms with van der Waals surface area (Å²) in [4.78, 5) is 67.2. The van der Waals surface area contributed by atoms with Crippen LogP contribution in [-0.4, -0.2) is 94.8 Å². The minimum absolute atomic E-state index is 0.0155. The Balaban J connectivity index is 1.14. The highest BCUT2D eigenvalue weighted by atomic mass is 32.2. The summed E-state index contributed by atoms with van der Waals surface area (Å²) >= 11 is 0. The number of para-hydroxylation sites is 1. The summed E-state index contributed by atoms with van der Waals surface area (Å²) in [6.45, 7) is 11.2. The molecule has 3 N–H and O–H groups in total. The lowest BCUT2D eigenvalue weighted by molar-refractivity contribution is -0.142. The molecule has 4 heterocycles. The molecular weight excluding hydrogens is 813 g/mol. The van der Waals surface area contributed by atoms with E-state index in [4.69, 9.17) is 19.2 Å². The van der Waals surface area contributed by atoms with Crippen molar-refractivity contribution >= 4 is 44.7 Å². The molecule has 3 aliphatic carbocycles. The molecule has 2 bridgehead atoms. The van der Waals surface area contributed by atoms with Gasteiger partial charge < -0.3 is 29.7 Å². The Hall–Kier alpha value is -5.25. The summed E-state index contributed by atoms with van der Waals surface area (Å²) in [5.41, 5.74) is 0.147. The highest BCUT2D eigenvalue weighted by molar-refractivity contribution is 7.91. The zero-order valence-corrected chi connectivity index (χ0v) is 36.8. The van der Waals surface area contributed by atoms with Gasteiger partial charge in [-0.15, -0.1) is 6.58 Å². The number of rotatable bonds is 10. The third-order valence-corrected chi connectivity index (χ3v) is 15.4. The number of ether oxygens (including phenoxy) is 3. The van der Waals surface area contributed by atoms with Gasteiger partial charge in [-0.1, -0.05) is 51.8 Å². The number of alkyl carbamates (subject to hydrolysis) is 1. The van der Waals surface area contributed by atoms with Crippen LogP contribution in [0.3, 0.4) is 0 Å². The maximum atomic E-state index is 14.9. The Labute approximate surface area is 363 Å². The van der Waals surface area contributed by atoms with Crippen LogP contribution in [0.5, 0.6) is 11.6 Å². The highest BCUT2D eigenvalue weighted by Crippen LogP contribution is 2.47. The third-order valence-electron chi connectivity index (χ3n) is 13.3. The molecule has 8 rings (SSSR count). The van der Waals surface area contributed by atoms with Crippen LogP contribution in [0.2, 0.25) is 0 Å². The third kappa shape index (κ3) is 8.98. The molecular formula is C46H58N6O9S. The molecule has 2 aliphatic heterocycles. The molecule has 5 aliphatic rings. The minimum Gasteiger partial charge on any atom is -0.492 e. The first-order valence-corrected chi connectivity index (χ1v) is 23.4. The van der Waals surface area contributed by atoms with Crippen LogP contribution >= 0.6 is 0 Å². The van der Waals surface area contributed by atoms with Gasteiger partial charge in [0.2, 0.25) is 27.7 Å². The van der Waals surface area contributed by atoms with Crippen molar-refractivity contribution in [3.63, 3.8) is 0 Å². The minimum atomic E-state index is -4.02. The molecule has 0 unspecified atom stereocenters.